The van der Waals surface area contributed by atoms with E-state index >= 15 is 0 Å². The molecule has 0 fully saturated rings. The first-order valence-electron chi connectivity index (χ1n) is 9.11. The molecule has 0 saturated heterocycles. The minimum Gasteiger partial charge on any atom is -0.352 e. The van der Waals surface area contributed by atoms with Gasteiger partial charge >= 0.3 is 0 Å². The van der Waals surface area contributed by atoms with E-state index in [9.17, 15) is 4.39 Å². The smallest absolute Gasteiger partial charge is 0.223 e. The quantitative estimate of drug-likeness (QED) is 0.764. The number of aromatic nitrogens is 4. The molecule has 0 spiro atoms. The number of nitrogens with one attached hydrogen (secondary N) is 1. The van der Waals surface area contributed by atoms with E-state index in [0.29, 0.717) is 17.6 Å². The lowest BCUT2D eigenvalue weighted by Gasteiger charge is -2.15. The van der Waals surface area contributed by atoms with E-state index < -0.39 is 0 Å². The number of imidazole rings is 1. The maximum Gasteiger partial charge on any atom is 0.223 e. The molecule has 1 aliphatic rings. The molecule has 6 heteroatoms. The van der Waals surface area contributed by atoms with E-state index in [-0.39, 0.29) is 5.82 Å². The first kappa shape index (κ1) is 16.7. The maximum absolute atomic E-state index is 14.4. The van der Waals surface area contributed by atoms with Gasteiger partial charge in [-0.1, -0.05) is 13.0 Å². The van der Waals surface area contributed by atoms with Crippen LogP contribution in [0, 0.1) is 5.82 Å². The summed E-state index contributed by atoms with van der Waals surface area (Å²) in [5.74, 6) is 0.339. The van der Waals surface area contributed by atoms with Gasteiger partial charge in [0.25, 0.3) is 0 Å². The SMILES string of the molecule is CC[C@H](C)Nc1ncc2c(n1)CCCC=C2c1cc(F)c2nccn2c1. The number of hydrogen-bond donors (Lipinski definition) is 1. The second-order valence-electron chi connectivity index (χ2n) is 6.75. The standard InChI is InChI=1S/C20H22FN5/c1-3-13(2)24-20-23-11-16-15(6-4-5-7-18(16)25-20)14-10-17(21)19-22-8-9-26(19)12-14/h6,8-13H,3-5,7H2,1-2H3,(H,23,24,25)/t13-/m0/s1. The van der Waals surface area contributed by atoms with Gasteiger partial charge in [-0.2, -0.15) is 0 Å². The third-order valence-electron chi connectivity index (χ3n) is 4.87. The second kappa shape index (κ2) is 6.86. The summed E-state index contributed by atoms with van der Waals surface area (Å²) in [6.07, 6.45) is 13.2. The Balaban J connectivity index is 1.77. The molecule has 134 valence electrons. The van der Waals surface area contributed by atoms with Crippen LogP contribution in [0.1, 0.15) is 49.9 Å². The molecule has 3 aromatic heterocycles. The highest BCUT2D eigenvalue weighted by molar-refractivity contribution is 5.81. The van der Waals surface area contributed by atoms with Crippen molar-refractivity contribution in [2.24, 2.45) is 0 Å². The molecule has 5 nitrogen and oxygen atoms in total. The third-order valence-corrected chi connectivity index (χ3v) is 4.87. The minimum absolute atomic E-state index is 0.324. The summed E-state index contributed by atoms with van der Waals surface area (Å²) in [7, 11) is 0. The van der Waals surface area contributed by atoms with Gasteiger partial charge in [-0.3, -0.25) is 0 Å². The van der Waals surface area contributed by atoms with Crippen LogP contribution in [0.3, 0.4) is 0 Å². The zero-order valence-electron chi connectivity index (χ0n) is 15.0. The van der Waals surface area contributed by atoms with Crippen LogP contribution < -0.4 is 5.32 Å². The van der Waals surface area contributed by atoms with Crippen LogP contribution in [0.2, 0.25) is 0 Å². The predicted octanol–water partition coefficient (Wildman–Crippen LogP) is 4.24. The molecule has 1 atom stereocenters. The highest BCUT2D eigenvalue weighted by atomic mass is 19.1. The van der Waals surface area contributed by atoms with Crippen LogP contribution in [-0.4, -0.2) is 25.4 Å². The van der Waals surface area contributed by atoms with Crippen molar-refractivity contribution in [2.75, 3.05) is 5.32 Å². The lowest BCUT2D eigenvalue weighted by Crippen LogP contribution is -2.16. The van der Waals surface area contributed by atoms with Crippen LogP contribution in [0.25, 0.3) is 11.2 Å². The van der Waals surface area contributed by atoms with E-state index in [1.54, 1.807) is 22.9 Å². The summed E-state index contributed by atoms with van der Waals surface area (Å²) in [6.45, 7) is 4.24. The Morgan fingerprint density at radius 3 is 3.08 bits per heavy atom. The Bertz CT molecular complexity index is 975. The van der Waals surface area contributed by atoms with Crippen molar-refractivity contribution in [3.63, 3.8) is 0 Å². The normalized spacial score (nSPS) is 15.3. The molecule has 3 aromatic rings. The fraction of sp³-hybridized carbons (Fsp3) is 0.350. The molecule has 0 radical (unpaired) electrons. The topological polar surface area (TPSA) is 55.1 Å². The number of pyridine rings is 1. The number of fused-ring (bicyclic) bond motifs is 2. The number of hydrogen-bond acceptors (Lipinski definition) is 4. The van der Waals surface area contributed by atoms with Gasteiger partial charge in [0.2, 0.25) is 5.95 Å². The summed E-state index contributed by atoms with van der Waals surface area (Å²) >= 11 is 0. The van der Waals surface area contributed by atoms with Gasteiger partial charge in [0.1, 0.15) is 0 Å². The van der Waals surface area contributed by atoms with Crippen LogP contribution in [-0.2, 0) is 6.42 Å². The number of nitrogens with zero attached hydrogens (tertiary/aromatic N) is 4. The van der Waals surface area contributed by atoms with Crippen molar-refractivity contribution in [1.29, 1.82) is 0 Å². The molecule has 4 rings (SSSR count). The largest absolute Gasteiger partial charge is 0.352 e. The molecule has 0 saturated carbocycles. The van der Waals surface area contributed by atoms with Crippen molar-refractivity contribution in [3.8, 4) is 0 Å². The molecule has 1 aliphatic carbocycles. The maximum atomic E-state index is 14.4. The monoisotopic (exact) mass is 351 g/mol. The van der Waals surface area contributed by atoms with E-state index in [1.165, 1.54) is 0 Å². The van der Waals surface area contributed by atoms with Crippen LogP contribution >= 0.6 is 0 Å². The van der Waals surface area contributed by atoms with E-state index in [0.717, 1.165) is 48.1 Å². The molecule has 0 bridgehead atoms. The Hall–Kier alpha value is -2.76. The molecule has 0 aliphatic heterocycles. The van der Waals surface area contributed by atoms with Crippen LogP contribution in [0.15, 0.2) is 36.9 Å². The Labute approximate surface area is 152 Å². The molecule has 0 unspecified atom stereocenters. The second-order valence-corrected chi connectivity index (χ2v) is 6.75. The third kappa shape index (κ3) is 3.07. The van der Waals surface area contributed by atoms with Gasteiger partial charge in [-0.05, 0) is 44.2 Å². The molecule has 0 aromatic carbocycles. The summed E-state index contributed by atoms with van der Waals surface area (Å²) in [5, 5.41) is 3.33. The minimum atomic E-state index is -0.324. The van der Waals surface area contributed by atoms with Gasteiger partial charge in [-0.25, -0.2) is 19.3 Å². The van der Waals surface area contributed by atoms with Gasteiger partial charge in [-0.15, -0.1) is 0 Å². The number of halogens is 1. The molecule has 0 amide bonds. The Morgan fingerprint density at radius 1 is 1.35 bits per heavy atom. The summed E-state index contributed by atoms with van der Waals surface area (Å²) in [4.78, 5) is 13.3. The van der Waals surface area contributed by atoms with Gasteiger partial charge < -0.3 is 9.72 Å². The molecule has 3 heterocycles. The number of allylic oxidation sites excluding steroid dienone is 1. The van der Waals surface area contributed by atoms with Crippen molar-refractivity contribution < 1.29 is 4.39 Å². The average molecular weight is 351 g/mol. The first-order valence-corrected chi connectivity index (χ1v) is 9.11. The lowest BCUT2D eigenvalue weighted by molar-refractivity contribution is 0.629. The molecular formula is C20H22FN5. The van der Waals surface area contributed by atoms with Crippen molar-refractivity contribution in [1.82, 2.24) is 19.4 Å². The summed E-state index contributed by atoms with van der Waals surface area (Å²) in [6, 6.07) is 1.88. The van der Waals surface area contributed by atoms with E-state index in [4.69, 9.17) is 4.98 Å². The predicted molar refractivity (Wildman–Crippen MR) is 101 cm³/mol. The molecule has 26 heavy (non-hydrogen) atoms. The Kier molecular flexibility index (Phi) is 4.41. The zero-order chi connectivity index (χ0) is 18.1. The van der Waals surface area contributed by atoms with Crippen LogP contribution in [0.5, 0.6) is 0 Å². The highest BCUT2D eigenvalue weighted by Gasteiger charge is 2.18. The zero-order valence-corrected chi connectivity index (χ0v) is 15.0. The van der Waals surface area contributed by atoms with Crippen molar-refractivity contribution in [3.05, 3.63) is 59.6 Å². The fourth-order valence-corrected chi connectivity index (χ4v) is 3.26. The lowest BCUT2D eigenvalue weighted by atomic mass is 9.99. The van der Waals surface area contributed by atoms with E-state index in [1.807, 2.05) is 12.4 Å². The summed E-state index contributed by atoms with van der Waals surface area (Å²) < 4.78 is 16.1. The van der Waals surface area contributed by atoms with E-state index in [2.05, 4.69) is 35.2 Å². The average Bonchev–Trinajstić information content (AvgIpc) is 3.02. The van der Waals surface area contributed by atoms with Gasteiger partial charge in [0, 0.05) is 42.0 Å². The van der Waals surface area contributed by atoms with Gasteiger partial charge in [0.15, 0.2) is 11.5 Å². The number of anilines is 1. The summed E-state index contributed by atoms with van der Waals surface area (Å²) in [5.41, 5.74) is 4.15. The fourth-order valence-electron chi connectivity index (χ4n) is 3.26. The number of aryl methyl sites for hydroxylation is 1. The Morgan fingerprint density at radius 2 is 2.23 bits per heavy atom. The van der Waals surface area contributed by atoms with Gasteiger partial charge in [0.05, 0.1) is 5.69 Å². The first-order chi connectivity index (χ1) is 12.7. The van der Waals surface area contributed by atoms with Crippen LogP contribution in [0.4, 0.5) is 10.3 Å². The van der Waals surface area contributed by atoms with Crippen molar-refractivity contribution in [2.45, 2.75) is 45.6 Å². The highest BCUT2D eigenvalue weighted by Crippen LogP contribution is 2.31. The van der Waals surface area contributed by atoms with Crippen molar-refractivity contribution >= 4 is 17.2 Å². The molecular weight excluding hydrogens is 329 g/mol. The molecule has 1 N–H and O–H groups in total. The number of rotatable bonds is 4.